The summed E-state index contributed by atoms with van der Waals surface area (Å²) in [5, 5.41) is 9.38. The summed E-state index contributed by atoms with van der Waals surface area (Å²) in [5.74, 6) is -0.836. The van der Waals surface area contributed by atoms with Crippen LogP contribution in [0.4, 0.5) is 14.9 Å². The number of hydrogen-bond acceptors (Lipinski definition) is 6. The zero-order valence-corrected chi connectivity index (χ0v) is 17.4. The van der Waals surface area contributed by atoms with Crippen LogP contribution in [-0.2, 0) is 14.3 Å². The minimum Gasteiger partial charge on any atom is -0.469 e. The molecule has 0 aromatic heterocycles. The first kappa shape index (κ1) is 22.5. The standard InChI is InChI=1S/C21H28FN3O4/c1-21(2,3)29-20(27)24-10-7-15(8-11-24)16-5-6-17(22)18(13-16)25(14-23)12-9-19(26)28-4/h5-6,13,15H,7-12H2,1-4H3. The number of hydrogen-bond donors (Lipinski definition) is 0. The third-order valence-corrected chi connectivity index (χ3v) is 4.77. The molecule has 29 heavy (non-hydrogen) atoms. The first-order valence-corrected chi connectivity index (χ1v) is 9.66. The Morgan fingerprint density at radius 3 is 2.52 bits per heavy atom. The number of anilines is 1. The van der Waals surface area contributed by atoms with E-state index >= 15 is 0 Å². The third-order valence-electron chi connectivity index (χ3n) is 4.77. The molecule has 0 spiro atoms. The number of halogens is 1. The van der Waals surface area contributed by atoms with Crippen LogP contribution < -0.4 is 4.90 Å². The summed E-state index contributed by atoms with van der Waals surface area (Å²) in [5.41, 5.74) is 0.511. The van der Waals surface area contributed by atoms with Gasteiger partial charge in [0.25, 0.3) is 0 Å². The molecule has 7 nitrogen and oxygen atoms in total. The number of nitriles is 1. The predicted octanol–water partition coefficient (Wildman–Crippen LogP) is 3.79. The fourth-order valence-electron chi connectivity index (χ4n) is 3.24. The van der Waals surface area contributed by atoms with Crippen LogP contribution >= 0.6 is 0 Å². The SMILES string of the molecule is COC(=O)CCN(C#N)c1cc(C2CCN(C(=O)OC(C)(C)C)CC2)ccc1F. The second-order valence-corrected chi connectivity index (χ2v) is 8.03. The van der Waals surface area contributed by atoms with E-state index in [0.717, 1.165) is 23.3 Å². The number of likely N-dealkylation sites (tertiary alicyclic amines) is 1. The molecule has 0 aliphatic carbocycles. The van der Waals surface area contributed by atoms with Gasteiger partial charge in [-0.15, -0.1) is 0 Å². The summed E-state index contributed by atoms with van der Waals surface area (Å²) in [6.07, 6.45) is 3.03. The number of piperidine rings is 1. The predicted molar refractivity (Wildman–Crippen MR) is 106 cm³/mol. The highest BCUT2D eigenvalue weighted by Crippen LogP contribution is 2.32. The van der Waals surface area contributed by atoms with Crippen LogP contribution in [-0.4, -0.2) is 49.3 Å². The summed E-state index contributed by atoms with van der Waals surface area (Å²) in [6, 6.07) is 4.71. The Morgan fingerprint density at radius 2 is 1.97 bits per heavy atom. The number of carbonyl (C=O) groups is 2. The monoisotopic (exact) mass is 405 g/mol. The molecule has 0 atom stereocenters. The second kappa shape index (κ2) is 9.59. The number of nitrogens with zero attached hydrogens (tertiary/aromatic N) is 3. The molecule has 1 aliphatic rings. The van der Waals surface area contributed by atoms with Crippen molar-refractivity contribution in [2.75, 3.05) is 31.6 Å². The minimum atomic E-state index is -0.537. The van der Waals surface area contributed by atoms with E-state index in [0.29, 0.717) is 13.1 Å². The highest BCUT2D eigenvalue weighted by Gasteiger charge is 2.28. The summed E-state index contributed by atoms with van der Waals surface area (Å²) in [4.78, 5) is 26.4. The summed E-state index contributed by atoms with van der Waals surface area (Å²) in [7, 11) is 1.27. The lowest BCUT2D eigenvalue weighted by Crippen LogP contribution is -2.41. The number of benzene rings is 1. The van der Waals surface area contributed by atoms with Gasteiger partial charge in [-0.3, -0.25) is 9.69 Å². The summed E-state index contributed by atoms with van der Waals surface area (Å²) >= 11 is 0. The van der Waals surface area contributed by atoms with E-state index in [2.05, 4.69) is 4.74 Å². The van der Waals surface area contributed by atoms with Crippen molar-refractivity contribution in [2.45, 2.75) is 51.6 Å². The number of methoxy groups -OCH3 is 1. The van der Waals surface area contributed by atoms with Crippen molar-refractivity contribution < 1.29 is 23.5 Å². The molecule has 0 radical (unpaired) electrons. The van der Waals surface area contributed by atoms with Gasteiger partial charge in [0.1, 0.15) is 11.4 Å². The van der Waals surface area contributed by atoms with Crippen LogP contribution in [0.2, 0.25) is 0 Å². The molecule has 0 N–H and O–H groups in total. The summed E-state index contributed by atoms with van der Waals surface area (Å²) in [6.45, 7) is 6.64. The number of rotatable bonds is 5. The Kier molecular flexibility index (Phi) is 7.43. The van der Waals surface area contributed by atoms with Gasteiger partial charge < -0.3 is 14.4 Å². The van der Waals surface area contributed by atoms with Gasteiger partial charge in [0, 0.05) is 19.6 Å². The van der Waals surface area contributed by atoms with Crippen molar-refractivity contribution >= 4 is 17.7 Å². The Labute approximate surface area is 171 Å². The number of ether oxygens (including phenoxy) is 2. The molecule has 1 heterocycles. The van der Waals surface area contributed by atoms with Gasteiger partial charge in [-0.25, -0.2) is 9.18 Å². The maximum absolute atomic E-state index is 14.3. The van der Waals surface area contributed by atoms with E-state index in [-0.39, 0.29) is 30.7 Å². The van der Waals surface area contributed by atoms with Crippen molar-refractivity contribution in [1.29, 1.82) is 5.26 Å². The molecular formula is C21H28FN3O4. The van der Waals surface area contributed by atoms with Gasteiger partial charge >= 0.3 is 12.1 Å². The largest absolute Gasteiger partial charge is 0.469 e. The smallest absolute Gasteiger partial charge is 0.410 e. The van der Waals surface area contributed by atoms with Gasteiger partial charge in [0.2, 0.25) is 0 Å². The van der Waals surface area contributed by atoms with E-state index in [4.69, 9.17) is 4.74 Å². The normalized spacial score (nSPS) is 14.8. The van der Waals surface area contributed by atoms with Crippen LogP contribution in [0.3, 0.4) is 0 Å². The van der Waals surface area contributed by atoms with Crippen molar-refractivity contribution in [3.8, 4) is 6.19 Å². The van der Waals surface area contributed by atoms with Gasteiger partial charge in [-0.2, -0.15) is 5.26 Å². The molecule has 1 aromatic rings. The minimum absolute atomic E-state index is 0.0119. The molecule has 1 saturated heterocycles. The lowest BCUT2D eigenvalue weighted by Gasteiger charge is -2.33. The average molecular weight is 405 g/mol. The molecule has 158 valence electrons. The van der Waals surface area contributed by atoms with E-state index in [1.54, 1.807) is 17.0 Å². The molecule has 1 aromatic carbocycles. The number of amides is 1. The van der Waals surface area contributed by atoms with E-state index < -0.39 is 17.4 Å². The molecule has 0 saturated carbocycles. The average Bonchev–Trinajstić information content (AvgIpc) is 2.68. The van der Waals surface area contributed by atoms with E-state index in [1.807, 2.05) is 27.0 Å². The third kappa shape index (κ3) is 6.34. The van der Waals surface area contributed by atoms with Crippen LogP contribution in [0, 0.1) is 17.3 Å². The zero-order chi connectivity index (χ0) is 21.6. The first-order chi connectivity index (χ1) is 13.6. The second-order valence-electron chi connectivity index (χ2n) is 8.03. The quantitative estimate of drug-likeness (QED) is 0.421. The van der Waals surface area contributed by atoms with Crippen molar-refractivity contribution in [2.24, 2.45) is 0 Å². The van der Waals surface area contributed by atoms with Crippen molar-refractivity contribution in [1.82, 2.24) is 4.90 Å². The Morgan fingerprint density at radius 1 is 1.31 bits per heavy atom. The van der Waals surface area contributed by atoms with Gasteiger partial charge in [0.15, 0.2) is 6.19 Å². The molecule has 1 amide bonds. The topological polar surface area (TPSA) is 82.9 Å². The number of esters is 1. The maximum atomic E-state index is 14.3. The van der Waals surface area contributed by atoms with Crippen LogP contribution in [0.15, 0.2) is 18.2 Å². The lowest BCUT2D eigenvalue weighted by atomic mass is 9.89. The molecular weight excluding hydrogens is 377 g/mol. The fraction of sp³-hybridized carbons (Fsp3) is 0.571. The number of carbonyl (C=O) groups excluding carboxylic acids is 2. The maximum Gasteiger partial charge on any atom is 0.410 e. The highest BCUT2D eigenvalue weighted by atomic mass is 19.1. The summed E-state index contributed by atoms with van der Waals surface area (Å²) < 4.78 is 24.3. The van der Waals surface area contributed by atoms with Crippen molar-refractivity contribution in [3.63, 3.8) is 0 Å². The Bertz CT molecular complexity index is 777. The van der Waals surface area contributed by atoms with Gasteiger partial charge in [0.05, 0.1) is 19.2 Å². The van der Waals surface area contributed by atoms with Gasteiger partial charge in [-0.05, 0) is 57.2 Å². The van der Waals surface area contributed by atoms with Gasteiger partial charge in [-0.1, -0.05) is 6.07 Å². The molecule has 0 unspecified atom stereocenters. The molecule has 0 bridgehead atoms. The van der Waals surface area contributed by atoms with Crippen LogP contribution in [0.1, 0.15) is 51.5 Å². The lowest BCUT2D eigenvalue weighted by molar-refractivity contribution is -0.140. The Balaban J connectivity index is 2.05. The van der Waals surface area contributed by atoms with Crippen LogP contribution in [0.5, 0.6) is 0 Å². The van der Waals surface area contributed by atoms with E-state index in [9.17, 15) is 19.2 Å². The molecule has 1 aliphatic heterocycles. The highest BCUT2D eigenvalue weighted by molar-refractivity contribution is 5.70. The van der Waals surface area contributed by atoms with Crippen molar-refractivity contribution in [3.05, 3.63) is 29.6 Å². The fourth-order valence-corrected chi connectivity index (χ4v) is 3.24. The molecule has 2 rings (SSSR count). The first-order valence-electron chi connectivity index (χ1n) is 9.66. The zero-order valence-electron chi connectivity index (χ0n) is 17.4. The van der Waals surface area contributed by atoms with E-state index in [1.165, 1.54) is 13.2 Å². The molecule has 8 heteroatoms. The molecule has 1 fully saturated rings. The van der Waals surface area contributed by atoms with Crippen LogP contribution in [0.25, 0.3) is 0 Å². The Hall–Kier alpha value is -2.82.